The smallest absolute Gasteiger partial charge is 0.216 e. The summed E-state index contributed by atoms with van der Waals surface area (Å²) in [6.07, 6.45) is 2.87. The van der Waals surface area contributed by atoms with Crippen molar-refractivity contribution in [3.8, 4) is 0 Å². The topological polar surface area (TPSA) is 28.7 Å². The van der Waals surface area contributed by atoms with Crippen molar-refractivity contribution < 1.29 is 4.39 Å². The highest BCUT2D eigenvalue weighted by molar-refractivity contribution is 5.59. The lowest BCUT2D eigenvalue weighted by Crippen LogP contribution is -1.75. The zero-order valence-corrected chi connectivity index (χ0v) is 7.39. The fraction of sp³-hybridized carbons (Fsp3) is 0.222. The van der Waals surface area contributed by atoms with Gasteiger partial charge in [-0.2, -0.15) is 9.49 Å². The van der Waals surface area contributed by atoms with E-state index in [0.29, 0.717) is 11.3 Å². The summed E-state index contributed by atoms with van der Waals surface area (Å²) in [5, 5.41) is 5.80. The van der Waals surface area contributed by atoms with Crippen LogP contribution in [0.3, 0.4) is 0 Å². The molecule has 0 aromatic carbocycles. The van der Waals surface area contributed by atoms with Crippen LogP contribution in [0.1, 0.15) is 25.1 Å². The molecule has 0 aliphatic rings. The minimum Gasteiger partial charge on any atom is -0.252 e. The van der Waals surface area contributed by atoms with Crippen molar-refractivity contribution in [1.82, 2.24) is 10.2 Å². The third-order valence-corrected chi connectivity index (χ3v) is 1.18. The molecule has 0 atom stereocenters. The first-order valence-electron chi connectivity index (χ1n) is 3.78. The molecule has 0 spiro atoms. The number of hydrogen-bond acceptors (Lipinski definition) is 1. The van der Waals surface area contributed by atoms with Crippen LogP contribution >= 0.6 is 0 Å². The molecule has 66 valence electrons. The molecule has 0 saturated heterocycles. The first-order chi connectivity index (χ1) is 5.79. The number of halogens is 1. The second-order valence-corrected chi connectivity index (χ2v) is 1.74. The van der Waals surface area contributed by atoms with Gasteiger partial charge in [0.25, 0.3) is 0 Å². The first kappa shape index (κ1) is 10.6. The molecule has 0 aliphatic heterocycles. The van der Waals surface area contributed by atoms with Gasteiger partial charge in [-0.25, -0.2) is 0 Å². The Morgan fingerprint density at radius 1 is 1.33 bits per heavy atom. The largest absolute Gasteiger partial charge is 0.252 e. The molecule has 0 unspecified atom stereocenters. The minimum atomic E-state index is -0.468. The van der Waals surface area contributed by atoms with E-state index >= 15 is 0 Å². The molecular weight excluding hydrogens is 155 g/mol. The summed E-state index contributed by atoms with van der Waals surface area (Å²) in [4.78, 5) is 0. The van der Waals surface area contributed by atoms with Crippen LogP contribution in [-0.2, 0) is 0 Å². The quantitative estimate of drug-likeness (QED) is 0.722. The van der Waals surface area contributed by atoms with E-state index in [4.69, 9.17) is 0 Å². The van der Waals surface area contributed by atoms with Gasteiger partial charge in [-0.1, -0.05) is 33.1 Å². The van der Waals surface area contributed by atoms with Crippen molar-refractivity contribution in [2.45, 2.75) is 13.8 Å². The first-order valence-corrected chi connectivity index (χ1v) is 3.78. The maximum Gasteiger partial charge on any atom is 0.216 e. The molecule has 1 aromatic rings. The lowest BCUT2D eigenvalue weighted by atomic mass is 10.2. The number of aromatic amines is 1. The van der Waals surface area contributed by atoms with Crippen molar-refractivity contribution in [3.05, 3.63) is 30.4 Å². The van der Waals surface area contributed by atoms with E-state index in [-0.39, 0.29) is 0 Å². The van der Waals surface area contributed by atoms with Gasteiger partial charge < -0.3 is 0 Å². The van der Waals surface area contributed by atoms with Gasteiger partial charge in [-0.15, -0.1) is 0 Å². The van der Waals surface area contributed by atoms with E-state index < -0.39 is 5.95 Å². The summed E-state index contributed by atoms with van der Waals surface area (Å²) in [5.41, 5.74) is 0.863. The molecule has 0 bridgehead atoms. The predicted molar refractivity (Wildman–Crippen MR) is 50.1 cm³/mol. The molecule has 0 radical (unpaired) electrons. The Morgan fingerprint density at radius 3 is 2.25 bits per heavy atom. The van der Waals surface area contributed by atoms with E-state index in [9.17, 15) is 4.39 Å². The number of hydrogen-bond donors (Lipinski definition) is 1. The van der Waals surface area contributed by atoms with Crippen LogP contribution in [0.15, 0.2) is 13.2 Å². The maximum absolute atomic E-state index is 12.6. The average Bonchev–Trinajstić information content (AvgIpc) is 2.49. The van der Waals surface area contributed by atoms with Crippen LogP contribution in [0.4, 0.5) is 4.39 Å². The second-order valence-electron chi connectivity index (χ2n) is 1.74. The van der Waals surface area contributed by atoms with Crippen molar-refractivity contribution in [2.24, 2.45) is 0 Å². The van der Waals surface area contributed by atoms with Gasteiger partial charge in [0.2, 0.25) is 5.95 Å². The van der Waals surface area contributed by atoms with Crippen molar-refractivity contribution >= 4 is 12.2 Å². The summed E-state index contributed by atoms with van der Waals surface area (Å²) < 4.78 is 12.6. The molecule has 0 aliphatic carbocycles. The van der Waals surface area contributed by atoms with Gasteiger partial charge >= 0.3 is 0 Å². The van der Waals surface area contributed by atoms with Gasteiger partial charge in [-0.05, 0) is 6.08 Å². The lowest BCUT2D eigenvalue weighted by molar-refractivity contribution is 0.577. The summed E-state index contributed by atoms with van der Waals surface area (Å²) in [6, 6.07) is 0. The van der Waals surface area contributed by atoms with Crippen molar-refractivity contribution in [2.75, 3.05) is 0 Å². The Bertz CT molecular complexity index is 263. The minimum absolute atomic E-state index is 0.370. The number of H-pyrrole nitrogens is 1. The van der Waals surface area contributed by atoms with Crippen LogP contribution < -0.4 is 0 Å². The van der Waals surface area contributed by atoms with E-state index in [0.717, 1.165) is 0 Å². The SMILES string of the molecule is C=Cc1n[nH]c(F)c1C=C.CC. The third kappa shape index (κ3) is 2.05. The van der Waals surface area contributed by atoms with Crippen LogP contribution in [-0.4, -0.2) is 10.2 Å². The Hall–Kier alpha value is -1.38. The fourth-order valence-corrected chi connectivity index (χ4v) is 0.692. The highest BCUT2D eigenvalue weighted by Gasteiger charge is 2.04. The predicted octanol–water partition coefficient (Wildman–Crippen LogP) is 2.86. The molecule has 0 fully saturated rings. The van der Waals surface area contributed by atoms with Gasteiger partial charge in [0, 0.05) is 0 Å². The number of nitrogens with zero attached hydrogens (tertiary/aromatic N) is 1. The van der Waals surface area contributed by atoms with Gasteiger partial charge in [0.05, 0.1) is 11.3 Å². The van der Waals surface area contributed by atoms with Crippen molar-refractivity contribution in [3.63, 3.8) is 0 Å². The summed E-state index contributed by atoms with van der Waals surface area (Å²) in [7, 11) is 0. The Labute approximate surface area is 71.8 Å². The monoisotopic (exact) mass is 168 g/mol. The van der Waals surface area contributed by atoms with Crippen LogP contribution in [0.25, 0.3) is 12.2 Å². The zero-order valence-electron chi connectivity index (χ0n) is 7.39. The molecular formula is C9H13FN2. The zero-order chi connectivity index (χ0) is 9.56. The van der Waals surface area contributed by atoms with Crippen LogP contribution in [0.2, 0.25) is 0 Å². The third-order valence-electron chi connectivity index (χ3n) is 1.18. The summed E-state index contributed by atoms with van der Waals surface area (Å²) in [5.74, 6) is -0.468. The Kier molecular flexibility index (Phi) is 4.69. The average molecular weight is 168 g/mol. The van der Waals surface area contributed by atoms with Gasteiger partial charge in [0.15, 0.2) is 0 Å². The maximum atomic E-state index is 12.6. The van der Waals surface area contributed by atoms with E-state index in [2.05, 4.69) is 23.4 Å². The number of nitrogens with one attached hydrogen (secondary N) is 1. The van der Waals surface area contributed by atoms with Crippen LogP contribution in [0, 0.1) is 5.95 Å². The molecule has 1 rings (SSSR count). The molecule has 0 saturated carbocycles. The normalized spacial score (nSPS) is 8.25. The molecule has 0 amide bonds. The number of aromatic nitrogens is 2. The standard InChI is InChI=1S/C7H7FN2.C2H6/c1-3-5-6(4-2)9-10-7(5)8;1-2/h3-4H,1-2H2,(H,9,10);1-2H3. The highest BCUT2D eigenvalue weighted by Crippen LogP contribution is 2.11. The summed E-state index contributed by atoms with van der Waals surface area (Å²) >= 11 is 0. The summed E-state index contributed by atoms with van der Waals surface area (Å²) in [6.45, 7) is 10.9. The molecule has 1 aromatic heterocycles. The number of rotatable bonds is 2. The molecule has 3 heteroatoms. The molecule has 1 N–H and O–H groups in total. The van der Waals surface area contributed by atoms with E-state index in [1.165, 1.54) is 12.2 Å². The second kappa shape index (κ2) is 5.29. The van der Waals surface area contributed by atoms with Gasteiger partial charge in [-0.3, -0.25) is 5.10 Å². The molecule has 12 heavy (non-hydrogen) atoms. The molecule has 1 heterocycles. The van der Waals surface area contributed by atoms with Gasteiger partial charge in [0.1, 0.15) is 0 Å². The lowest BCUT2D eigenvalue weighted by Gasteiger charge is -1.84. The molecule has 2 nitrogen and oxygen atoms in total. The van der Waals surface area contributed by atoms with E-state index in [1.807, 2.05) is 13.8 Å². The Morgan fingerprint density at radius 2 is 1.92 bits per heavy atom. The highest BCUT2D eigenvalue weighted by atomic mass is 19.1. The van der Waals surface area contributed by atoms with Crippen LogP contribution in [0.5, 0.6) is 0 Å². The van der Waals surface area contributed by atoms with E-state index in [1.54, 1.807) is 0 Å². The fourth-order valence-electron chi connectivity index (χ4n) is 0.692. The Balaban J connectivity index is 0.000000561. The van der Waals surface area contributed by atoms with Crippen molar-refractivity contribution in [1.29, 1.82) is 0 Å².